The molecule has 0 unspecified atom stereocenters. The molecule has 0 bridgehead atoms. The minimum absolute atomic E-state index is 0.0737. The van der Waals surface area contributed by atoms with Crippen molar-refractivity contribution in [2.75, 3.05) is 13.1 Å². The van der Waals surface area contributed by atoms with Crippen molar-refractivity contribution in [1.29, 1.82) is 5.26 Å². The van der Waals surface area contributed by atoms with Gasteiger partial charge in [-0.25, -0.2) is 0 Å². The first kappa shape index (κ1) is 15.3. The highest BCUT2D eigenvalue weighted by molar-refractivity contribution is 5.96. The van der Waals surface area contributed by atoms with E-state index in [9.17, 15) is 9.90 Å². The van der Waals surface area contributed by atoms with E-state index in [0.717, 1.165) is 16.5 Å². The summed E-state index contributed by atoms with van der Waals surface area (Å²) in [4.78, 5) is 13.8. The SMILES string of the molecule is N#CCCn1cc(C=CC(=O)N2CC[C@H](O)C2)c2ccccc21. The van der Waals surface area contributed by atoms with Crippen LogP contribution in [0.25, 0.3) is 17.0 Å². The van der Waals surface area contributed by atoms with Crippen LogP contribution in [0.3, 0.4) is 0 Å². The van der Waals surface area contributed by atoms with Crippen LogP contribution in [-0.2, 0) is 11.3 Å². The number of para-hydroxylation sites is 1. The van der Waals surface area contributed by atoms with Crippen molar-refractivity contribution >= 4 is 22.9 Å². The van der Waals surface area contributed by atoms with Gasteiger partial charge in [0.05, 0.1) is 18.6 Å². The molecule has 118 valence electrons. The van der Waals surface area contributed by atoms with Crippen LogP contribution in [0.2, 0.25) is 0 Å². The molecule has 1 amide bonds. The first-order chi connectivity index (χ1) is 11.2. The standard InChI is InChI=1S/C18H19N3O2/c19-9-3-10-20-12-14(16-4-1-2-5-17(16)20)6-7-18(23)21-11-8-15(22)13-21/h1-2,4-7,12,15,22H,3,8,10-11,13H2/t15-/m0/s1. The van der Waals surface area contributed by atoms with E-state index in [0.29, 0.717) is 32.5 Å². The molecule has 2 aromatic rings. The fraction of sp³-hybridized carbons (Fsp3) is 0.333. The largest absolute Gasteiger partial charge is 0.391 e. The van der Waals surface area contributed by atoms with Crippen molar-refractivity contribution in [2.24, 2.45) is 0 Å². The van der Waals surface area contributed by atoms with Crippen LogP contribution in [0.4, 0.5) is 0 Å². The quantitative estimate of drug-likeness (QED) is 0.880. The molecule has 1 aliphatic heterocycles. The lowest BCUT2D eigenvalue weighted by Crippen LogP contribution is -2.27. The number of β-amino-alcohol motifs (C(OH)–C–C–N with tert-alkyl or cyclic N) is 1. The van der Waals surface area contributed by atoms with Crippen LogP contribution < -0.4 is 0 Å². The Bertz CT molecular complexity index is 785. The number of aryl methyl sites for hydroxylation is 1. The molecule has 5 heteroatoms. The number of carbonyl (C=O) groups excluding carboxylic acids is 1. The predicted molar refractivity (Wildman–Crippen MR) is 88.4 cm³/mol. The molecule has 5 nitrogen and oxygen atoms in total. The average Bonchev–Trinajstić information content (AvgIpc) is 3.15. The normalized spacial score (nSPS) is 17.9. The van der Waals surface area contributed by atoms with Gasteiger partial charge < -0.3 is 14.6 Å². The molecule has 1 aromatic carbocycles. The zero-order valence-electron chi connectivity index (χ0n) is 12.9. The number of aliphatic hydroxyl groups is 1. The lowest BCUT2D eigenvalue weighted by Gasteiger charge is -2.12. The third-order valence-electron chi connectivity index (χ3n) is 4.16. The minimum Gasteiger partial charge on any atom is -0.391 e. The van der Waals surface area contributed by atoms with Crippen LogP contribution in [0, 0.1) is 11.3 Å². The average molecular weight is 309 g/mol. The molecule has 3 rings (SSSR count). The smallest absolute Gasteiger partial charge is 0.246 e. The Hall–Kier alpha value is -2.58. The second-order valence-electron chi connectivity index (χ2n) is 5.76. The highest BCUT2D eigenvalue weighted by atomic mass is 16.3. The van der Waals surface area contributed by atoms with E-state index in [1.807, 2.05) is 41.1 Å². The van der Waals surface area contributed by atoms with Crippen molar-refractivity contribution < 1.29 is 9.90 Å². The number of aliphatic hydroxyl groups excluding tert-OH is 1. The Kier molecular flexibility index (Phi) is 4.45. The fourth-order valence-corrected chi connectivity index (χ4v) is 2.97. The summed E-state index contributed by atoms with van der Waals surface area (Å²) in [6.07, 6.45) is 6.05. The summed E-state index contributed by atoms with van der Waals surface area (Å²) in [5, 5.41) is 19.4. The summed E-state index contributed by atoms with van der Waals surface area (Å²) in [7, 11) is 0. The maximum absolute atomic E-state index is 12.2. The Morgan fingerprint density at radius 1 is 1.43 bits per heavy atom. The lowest BCUT2D eigenvalue weighted by atomic mass is 10.1. The molecule has 1 aromatic heterocycles. The minimum atomic E-state index is -0.403. The molecule has 1 fully saturated rings. The van der Waals surface area contributed by atoms with Gasteiger partial charge in [-0.05, 0) is 18.6 Å². The lowest BCUT2D eigenvalue weighted by molar-refractivity contribution is -0.125. The molecule has 0 spiro atoms. The molecule has 1 aliphatic rings. The number of carbonyl (C=O) groups is 1. The number of amides is 1. The maximum atomic E-state index is 12.2. The van der Waals surface area contributed by atoms with Gasteiger partial charge in [0.2, 0.25) is 5.91 Å². The number of hydrogen-bond donors (Lipinski definition) is 1. The van der Waals surface area contributed by atoms with Crippen LogP contribution in [-0.4, -0.2) is 39.7 Å². The fourth-order valence-electron chi connectivity index (χ4n) is 2.97. The number of aromatic nitrogens is 1. The first-order valence-corrected chi connectivity index (χ1v) is 7.79. The van der Waals surface area contributed by atoms with Gasteiger partial charge in [-0.2, -0.15) is 5.26 Å². The number of fused-ring (bicyclic) bond motifs is 1. The van der Waals surface area contributed by atoms with Crippen LogP contribution in [0.5, 0.6) is 0 Å². The molecular formula is C18H19N3O2. The van der Waals surface area contributed by atoms with Crippen LogP contribution in [0.15, 0.2) is 36.5 Å². The predicted octanol–water partition coefficient (Wildman–Crippen LogP) is 2.16. The maximum Gasteiger partial charge on any atom is 0.246 e. The number of likely N-dealkylation sites (tertiary alicyclic amines) is 1. The topological polar surface area (TPSA) is 69.3 Å². The van der Waals surface area contributed by atoms with E-state index >= 15 is 0 Å². The summed E-state index contributed by atoms with van der Waals surface area (Å²) in [5.74, 6) is -0.0737. The van der Waals surface area contributed by atoms with Crippen molar-refractivity contribution in [3.63, 3.8) is 0 Å². The number of hydrogen-bond acceptors (Lipinski definition) is 3. The van der Waals surface area contributed by atoms with Gasteiger partial charge in [0, 0.05) is 48.4 Å². The Labute approximate surface area is 135 Å². The second kappa shape index (κ2) is 6.67. The monoisotopic (exact) mass is 309 g/mol. The zero-order valence-corrected chi connectivity index (χ0v) is 12.9. The van der Waals surface area contributed by atoms with Gasteiger partial charge in [-0.3, -0.25) is 4.79 Å². The summed E-state index contributed by atoms with van der Waals surface area (Å²) < 4.78 is 2.04. The second-order valence-corrected chi connectivity index (χ2v) is 5.76. The molecule has 0 aliphatic carbocycles. The van der Waals surface area contributed by atoms with E-state index in [1.165, 1.54) is 0 Å². The highest BCUT2D eigenvalue weighted by Crippen LogP contribution is 2.23. The molecule has 2 heterocycles. The number of rotatable bonds is 4. The van der Waals surface area contributed by atoms with Crippen molar-refractivity contribution in [3.05, 3.63) is 42.1 Å². The van der Waals surface area contributed by atoms with E-state index < -0.39 is 6.10 Å². The van der Waals surface area contributed by atoms with Gasteiger partial charge in [-0.15, -0.1) is 0 Å². The summed E-state index contributed by atoms with van der Waals surface area (Å²) in [6, 6.07) is 10.1. The number of nitriles is 1. The van der Waals surface area contributed by atoms with E-state index in [4.69, 9.17) is 5.26 Å². The van der Waals surface area contributed by atoms with E-state index in [2.05, 4.69) is 6.07 Å². The number of benzene rings is 1. The molecule has 1 N–H and O–H groups in total. The molecule has 0 radical (unpaired) electrons. The summed E-state index contributed by atoms with van der Waals surface area (Å²) >= 11 is 0. The van der Waals surface area contributed by atoms with Gasteiger partial charge in [0.1, 0.15) is 0 Å². The van der Waals surface area contributed by atoms with E-state index in [-0.39, 0.29) is 5.91 Å². The van der Waals surface area contributed by atoms with Gasteiger partial charge in [0.25, 0.3) is 0 Å². The Morgan fingerprint density at radius 2 is 2.26 bits per heavy atom. The number of nitrogens with zero attached hydrogens (tertiary/aromatic N) is 3. The van der Waals surface area contributed by atoms with Crippen LogP contribution >= 0.6 is 0 Å². The molecule has 23 heavy (non-hydrogen) atoms. The van der Waals surface area contributed by atoms with E-state index in [1.54, 1.807) is 11.0 Å². The zero-order chi connectivity index (χ0) is 16.2. The Morgan fingerprint density at radius 3 is 3.00 bits per heavy atom. The molecular weight excluding hydrogens is 290 g/mol. The third-order valence-corrected chi connectivity index (χ3v) is 4.16. The summed E-state index contributed by atoms with van der Waals surface area (Å²) in [5.41, 5.74) is 2.03. The Balaban J connectivity index is 1.83. The molecule has 0 saturated carbocycles. The van der Waals surface area contributed by atoms with Gasteiger partial charge in [0.15, 0.2) is 0 Å². The summed E-state index contributed by atoms with van der Waals surface area (Å²) in [6.45, 7) is 1.65. The van der Waals surface area contributed by atoms with Gasteiger partial charge >= 0.3 is 0 Å². The van der Waals surface area contributed by atoms with Crippen molar-refractivity contribution in [2.45, 2.75) is 25.5 Å². The van der Waals surface area contributed by atoms with Crippen LogP contribution in [0.1, 0.15) is 18.4 Å². The highest BCUT2D eigenvalue weighted by Gasteiger charge is 2.22. The van der Waals surface area contributed by atoms with Gasteiger partial charge in [-0.1, -0.05) is 18.2 Å². The van der Waals surface area contributed by atoms with Crippen molar-refractivity contribution in [1.82, 2.24) is 9.47 Å². The molecule has 1 saturated heterocycles. The molecule has 1 atom stereocenters. The van der Waals surface area contributed by atoms with Crippen molar-refractivity contribution in [3.8, 4) is 6.07 Å². The first-order valence-electron chi connectivity index (χ1n) is 7.79. The third kappa shape index (κ3) is 3.27.